The monoisotopic (exact) mass is 388 g/mol. The number of carbonyl (C=O) groups excluding carboxylic acids is 1. The molecular formula is C18H16N2O4S2. The first kappa shape index (κ1) is 18.2. The van der Waals surface area contributed by atoms with Gasteiger partial charge in [-0.3, -0.25) is 14.9 Å². The predicted octanol–water partition coefficient (Wildman–Crippen LogP) is 4.04. The van der Waals surface area contributed by atoms with Crippen LogP contribution >= 0.6 is 22.7 Å². The fraction of sp³-hybridized carbons (Fsp3) is 0.167. The molecule has 0 fully saturated rings. The molecule has 0 aliphatic rings. The summed E-state index contributed by atoms with van der Waals surface area (Å²) in [5.41, 5.74) is 1.67. The molecule has 0 saturated heterocycles. The number of nitro groups is 1. The summed E-state index contributed by atoms with van der Waals surface area (Å²) in [4.78, 5) is 24.4. The van der Waals surface area contributed by atoms with Gasteiger partial charge in [-0.05, 0) is 53.6 Å². The number of nitrogens with zero attached hydrogens (tertiary/aromatic N) is 1. The Morgan fingerprint density at radius 3 is 2.77 bits per heavy atom. The molecule has 3 aromatic rings. The van der Waals surface area contributed by atoms with Crippen LogP contribution in [0.25, 0.3) is 0 Å². The molecule has 1 aromatic carbocycles. The first-order chi connectivity index (χ1) is 12.5. The van der Waals surface area contributed by atoms with E-state index in [1.807, 2.05) is 29.0 Å². The minimum absolute atomic E-state index is 0.00753. The molecule has 1 unspecified atom stereocenters. The van der Waals surface area contributed by atoms with E-state index in [2.05, 4.69) is 5.32 Å². The van der Waals surface area contributed by atoms with Crippen molar-refractivity contribution in [2.75, 3.05) is 0 Å². The largest absolute Gasteiger partial charge is 0.383 e. The van der Waals surface area contributed by atoms with Crippen molar-refractivity contribution in [2.45, 2.75) is 19.6 Å². The van der Waals surface area contributed by atoms with Gasteiger partial charge in [0.2, 0.25) is 0 Å². The topological polar surface area (TPSA) is 92.5 Å². The van der Waals surface area contributed by atoms with Gasteiger partial charge in [0.25, 0.3) is 11.6 Å². The summed E-state index contributed by atoms with van der Waals surface area (Å²) >= 11 is 2.97. The number of nitro benzene ring substituents is 1. The lowest BCUT2D eigenvalue weighted by molar-refractivity contribution is -0.385. The number of aliphatic hydroxyl groups is 1. The van der Waals surface area contributed by atoms with E-state index in [0.717, 1.165) is 15.3 Å². The molecule has 26 heavy (non-hydrogen) atoms. The average molecular weight is 388 g/mol. The molecule has 0 aliphatic heterocycles. The third-order valence-electron chi connectivity index (χ3n) is 3.89. The molecule has 0 radical (unpaired) electrons. The Kier molecular flexibility index (Phi) is 5.46. The molecule has 0 aliphatic carbocycles. The fourth-order valence-electron chi connectivity index (χ4n) is 2.50. The van der Waals surface area contributed by atoms with Gasteiger partial charge in [0.15, 0.2) is 0 Å². The summed E-state index contributed by atoms with van der Waals surface area (Å²) in [6.07, 6.45) is -0.659. The molecule has 134 valence electrons. The van der Waals surface area contributed by atoms with Gasteiger partial charge in [-0.25, -0.2) is 0 Å². The van der Waals surface area contributed by atoms with Crippen molar-refractivity contribution in [3.05, 3.63) is 83.7 Å². The number of carbonyl (C=O) groups is 1. The van der Waals surface area contributed by atoms with Crippen LogP contribution < -0.4 is 5.32 Å². The van der Waals surface area contributed by atoms with E-state index in [1.165, 1.54) is 40.9 Å². The summed E-state index contributed by atoms with van der Waals surface area (Å²) in [5.74, 6) is -0.295. The molecule has 1 amide bonds. The summed E-state index contributed by atoms with van der Waals surface area (Å²) in [6, 6.07) is 9.90. The van der Waals surface area contributed by atoms with E-state index in [0.29, 0.717) is 17.7 Å². The average Bonchev–Trinajstić information content (AvgIpc) is 3.30. The van der Waals surface area contributed by atoms with E-state index in [9.17, 15) is 20.0 Å². The van der Waals surface area contributed by atoms with Crippen LogP contribution in [-0.4, -0.2) is 15.9 Å². The van der Waals surface area contributed by atoms with Crippen molar-refractivity contribution in [3.63, 3.8) is 0 Å². The van der Waals surface area contributed by atoms with Crippen LogP contribution in [0.1, 0.15) is 37.3 Å². The fourth-order valence-corrected chi connectivity index (χ4v) is 4.15. The minimum atomic E-state index is -0.659. The van der Waals surface area contributed by atoms with Crippen LogP contribution in [0.2, 0.25) is 0 Å². The van der Waals surface area contributed by atoms with Gasteiger partial charge in [-0.2, -0.15) is 11.3 Å². The number of amides is 1. The van der Waals surface area contributed by atoms with Crippen molar-refractivity contribution >= 4 is 34.3 Å². The third kappa shape index (κ3) is 3.98. The molecule has 2 heterocycles. The summed E-state index contributed by atoms with van der Waals surface area (Å²) in [7, 11) is 0. The molecule has 0 saturated carbocycles. The smallest absolute Gasteiger partial charge is 0.272 e. The van der Waals surface area contributed by atoms with Crippen LogP contribution in [0.5, 0.6) is 0 Å². The van der Waals surface area contributed by atoms with E-state index < -0.39 is 11.0 Å². The predicted molar refractivity (Wildman–Crippen MR) is 102 cm³/mol. The maximum atomic E-state index is 12.3. The molecule has 6 nitrogen and oxygen atoms in total. The summed E-state index contributed by atoms with van der Waals surface area (Å²) in [6.45, 7) is 1.93. The van der Waals surface area contributed by atoms with Crippen molar-refractivity contribution in [1.82, 2.24) is 5.32 Å². The lowest BCUT2D eigenvalue weighted by atomic mass is 10.1. The Hall–Kier alpha value is -2.55. The van der Waals surface area contributed by atoms with Crippen molar-refractivity contribution in [2.24, 2.45) is 0 Å². The zero-order valence-corrected chi connectivity index (χ0v) is 15.5. The number of thiophene rings is 2. The maximum Gasteiger partial charge on any atom is 0.272 e. The molecule has 8 heteroatoms. The van der Waals surface area contributed by atoms with E-state index >= 15 is 0 Å². The highest BCUT2D eigenvalue weighted by Crippen LogP contribution is 2.29. The lowest BCUT2D eigenvalue weighted by Crippen LogP contribution is -2.22. The van der Waals surface area contributed by atoms with Crippen LogP contribution in [0.15, 0.2) is 47.2 Å². The number of nitrogens with one attached hydrogen (secondary N) is 1. The molecule has 0 bridgehead atoms. The number of hydrogen-bond donors (Lipinski definition) is 2. The lowest BCUT2D eigenvalue weighted by Gasteiger charge is -2.06. The standard InChI is InChI=1S/C18H16N2O4S2/c1-11-8-12(2-4-15(11)20(23)24)18(22)19-9-14-3-5-16(26-14)17(21)13-6-7-25-10-13/h2-8,10,17,21H,9H2,1H3,(H,19,22). The zero-order chi connectivity index (χ0) is 18.7. The molecule has 1 atom stereocenters. The second kappa shape index (κ2) is 7.77. The highest BCUT2D eigenvalue weighted by atomic mass is 32.1. The maximum absolute atomic E-state index is 12.3. The van der Waals surface area contributed by atoms with Gasteiger partial charge in [0.1, 0.15) is 6.10 Å². The molecule has 2 aromatic heterocycles. The Labute approximate surface area is 157 Å². The van der Waals surface area contributed by atoms with Gasteiger partial charge < -0.3 is 10.4 Å². The third-order valence-corrected chi connectivity index (χ3v) is 5.73. The first-order valence-corrected chi connectivity index (χ1v) is 9.53. The molecule has 0 spiro atoms. The first-order valence-electron chi connectivity index (χ1n) is 7.77. The normalized spacial score (nSPS) is 11.9. The number of aliphatic hydroxyl groups excluding tert-OH is 1. The Morgan fingerprint density at radius 1 is 1.31 bits per heavy atom. The summed E-state index contributed by atoms with van der Waals surface area (Å²) in [5, 5.41) is 27.8. The number of aryl methyl sites for hydroxylation is 1. The van der Waals surface area contributed by atoms with Gasteiger partial charge in [0, 0.05) is 26.9 Å². The van der Waals surface area contributed by atoms with Crippen LogP contribution in [0.4, 0.5) is 5.69 Å². The van der Waals surface area contributed by atoms with E-state index in [4.69, 9.17) is 0 Å². The quantitative estimate of drug-likeness (QED) is 0.492. The van der Waals surface area contributed by atoms with Gasteiger partial charge in [-0.15, -0.1) is 11.3 Å². The highest BCUT2D eigenvalue weighted by molar-refractivity contribution is 7.12. The van der Waals surface area contributed by atoms with Crippen LogP contribution in [0.3, 0.4) is 0 Å². The Morgan fingerprint density at radius 2 is 2.12 bits per heavy atom. The molecule has 2 N–H and O–H groups in total. The number of rotatable bonds is 6. The second-order valence-electron chi connectivity index (χ2n) is 5.70. The highest BCUT2D eigenvalue weighted by Gasteiger charge is 2.15. The number of benzene rings is 1. The SMILES string of the molecule is Cc1cc(C(=O)NCc2ccc(C(O)c3ccsc3)s2)ccc1[N+](=O)[O-]. The van der Waals surface area contributed by atoms with Crippen molar-refractivity contribution in [1.29, 1.82) is 0 Å². The molecule has 3 rings (SSSR count). The van der Waals surface area contributed by atoms with Gasteiger partial charge in [-0.1, -0.05) is 0 Å². The zero-order valence-electron chi connectivity index (χ0n) is 13.8. The van der Waals surface area contributed by atoms with Crippen molar-refractivity contribution < 1.29 is 14.8 Å². The van der Waals surface area contributed by atoms with Crippen molar-refractivity contribution in [3.8, 4) is 0 Å². The second-order valence-corrected chi connectivity index (χ2v) is 7.68. The Bertz CT molecular complexity index is 935. The van der Waals surface area contributed by atoms with Gasteiger partial charge >= 0.3 is 0 Å². The van der Waals surface area contributed by atoms with Crippen LogP contribution in [-0.2, 0) is 6.54 Å². The van der Waals surface area contributed by atoms with E-state index in [1.54, 1.807) is 6.92 Å². The van der Waals surface area contributed by atoms with Crippen LogP contribution in [0, 0.1) is 17.0 Å². The molecular weight excluding hydrogens is 372 g/mol. The van der Waals surface area contributed by atoms with E-state index in [-0.39, 0.29) is 11.6 Å². The minimum Gasteiger partial charge on any atom is -0.383 e. The summed E-state index contributed by atoms with van der Waals surface area (Å²) < 4.78 is 0. The van der Waals surface area contributed by atoms with Gasteiger partial charge in [0.05, 0.1) is 11.5 Å². The number of hydrogen-bond acceptors (Lipinski definition) is 6. The Balaban J connectivity index is 1.63.